The molecule has 1 aromatic heterocycles. The second-order valence-electron chi connectivity index (χ2n) is 6.68. The summed E-state index contributed by atoms with van der Waals surface area (Å²) in [5, 5.41) is 20.9. The van der Waals surface area contributed by atoms with E-state index in [4.69, 9.17) is 4.74 Å². The number of ether oxygens (including phenoxy) is 1. The summed E-state index contributed by atoms with van der Waals surface area (Å²) in [6.07, 6.45) is 3.03. The number of hydrogen-bond donors (Lipinski definition) is 2. The lowest BCUT2D eigenvalue weighted by molar-refractivity contribution is -0.132. The highest BCUT2D eigenvalue weighted by Crippen LogP contribution is 2.43. The van der Waals surface area contributed by atoms with Gasteiger partial charge in [-0.2, -0.15) is 0 Å². The summed E-state index contributed by atoms with van der Waals surface area (Å²) in [5.74, 6) is -1.77. The minimum atomic E-state index is -0.927. The SMILES string of the molecule is COc1cc([C@H]2C(=C(O)c3ccccc3)C(=O)C(=O)N2c2cccnc2)ccc1O. The Labute approximate surface area is 172 Å². The molecule has 1 atom stereocenters. The fourth-order valence-electron chi connectivity index (χ4n) is 3.53. The topological polar surface area (TPSA) is 100.0 Å². The van der Waals surface area contributed by atoms with Crippen LogP contribution in [0.4, 0.5) is 5.69 Å². The highest BCUT2D eigenvalue weighted by molar-refractivity contribution is 6.51. The van der Waals surface area contributed by atoms with Crippen LogP contribution in [0, 0.1) is 0 Å². The van der Waals surface area contributed by atoms with Gasteiger partial charge in [0.15, 0.2) is 11.5 Å². The molecule has 2 heterocycles. The van der Waals surface area contributed by atoms with E-state index in [2.05, 4.69) is 4.98 Å². The maximum Gasteiger partial charge on any atom is 0.300 e. The number of phenols is 1. The molecule has 2 aromatic carbocycles. The Morgan fingerprint density at radius 1 is 1.07 bits per heavy atom. The number of rotatable bonds is 4. The number of carbonyl (C=O) groups is 2. The first-order valence-electron chi connectivity index (χ1n) is 9.16. The number of nitrogens with zero attached hydrogens (tertiary/aromatic N) is 2. The molecule has 1 aliphatic rings. The fourth-order valence-corrected chi connectivity index (χ4v) is 3.53. The zero-order valence-corrected chi connectivity index (χ0v) is 16.0. The van der Waals surface area contributed by atoms with Gasteiger partial charge in [0.05, 0.1) is 30.6 Å². The molecule has 0 aliphatic carbocycles. The van der Waals surface area contributed by atoms with Crippen molar-refractivity contribution in [3.05, 3.63) is 89.8 Å². The molecule has 3 aromatic rings. The molecule has 7 heteroatoms. The van der Waals surface area contributed by atoms with Gasteiger partial charge in [0.1, 0.15) is 5.76 Å². The van der Waals surface area contributed by atoms with Gasteiger partial charge in [-0.1, -0.05) is 36.4 Å². The normalized spacial score (nSPS) is 17.9. The van der Waals surface area contributed by atoms with E-state index >= 15 is 0 Å². The minimum absolute atomic E-state index is 0.0530. The van der Waals surface area contributed by atoms with Crippen LogP contribution in [0.2, 0.25) is 0 Å². The van der Waals surface area contributed by atoms with Crippen LogP contribution < -0.4 is 9.64 Å². The van der Waals surface area contributed by atoms with Crippen molar-refractivity contribution in [2.45, 2.75) is 6.04 Å². The first-order valence-corrected chi connectivity index (χ1v) is 9.16. The van der Waals surface area contributed by atoms with E-state index < -0.39 is 17.7 Å². The molecule has 1 fully saturated rings. The van der Waals surface area contributed by atoms with Gasteiger partial charge in [-0.05, 0) is 29.8 Å². The van der Waals surface area contributed by atoms with E-state index in [9.17, 15) is 19.8 Å². The monoisotopic (exact) mass is 402 g/mol. The van der Waals surface area contributed by atoms with Crippen molar-refractivity contribution in [3.63, 3.8) is 0 Å². The van der Waals surface area contributed by atoms with E-state index in [0.29, 0.717) is 16.8 Å². The number of Topliss-reactive ketones (excluding diaryl/α,β-unsaturated/α-hetero) is 1. The number of aromatic nitrogens is 1. The average Bonchev–Trinajstić information content (AvgIpc) is 3.05. The van der Waals surface area contributed by atoms with Gasteiger partial charge >= 0.3 is 0 Å². The first-order chi connectivity index (χ1) is 14.5. The van der Waals surface area contributed by atoms with Crippen LogP contribution in [0.15, 0.2) is 78.6 Å². The van der Waals surface area contributed by atoms with Crippen molar-refractivity contribution >= 4 is 23.1 Å². The summed E-state index contributed by atoms with van der Waals surface area (Å²) in [4.78, 5) is 31.3. The van der Waals surface area contributed by atoms with Crippen LogP contribution in [0.1, 0.15) is 17.2 Å². The van der Waals surface area contributed by atoms with Gasteiger partial charge < -0.3 is 14.9 Å². The van der Waals surface area contributed by atoms with E-state index in [-0.39, 0.29) is 22.8 Å². The molecule has 30 heavy (non-hydrogen) atoms. The molecular weight excluding hydrogens is 384 g/mol. The second-order valence-corrected chi connectivity index (χ2v) is 6.68. The molecule has 0 saturated carbocycles. The summed E-state index contributed by atoms with van der Waals surface area (Å²) in [6.45, 7) is 0. The summed E-state index contributed by atoms with van der Waals surface area (Å²) in [5.41, 5.74) is 1.26. The molecular formula is C23H18N2O5. The highest BCUT2D eigenvalue weighted by Gasteiger charge is 2.47. The smallest absolute Gasteiger partial charge is 0.300 e. The quantitative estimate of drug-likeness (QED) is 0.394. The Kier molecular flexibility index (Phi) is 4.93. The van der Waals surface area contributed by atoms with Gasteiger partial charge in [-0.25, -0.2) is 0 Å². The number of amides is 1. The predicted molar refractivity (Wildman–Crippen MR) is 110 cm³/mol. The summed E-state index contributed by atoms with van der Waals surface area (Å²) < 4.78 is 5.19. The van der Waals surface area contributed by atoms with Crippen LogP contribution in [0.5, 0.6) is 11.5 Å². The molecule has 0 bridgehead atoms. The van der Waals surface area contributed by atoms with Gasteiger partial charge in [-0.3, -0.25) is 19.5 Å². The van der Waals surface area contributed by atoms with Crippen molar-refractivity contribution in [1.29, 1.82) is 0 Å². The van der Waals surface area contributed by atoms with E-state index in [1.165, 1.54) is 30.3 Å². The summed E-state index contributed by atoms with van der Waals surface area (Å²) in [7, 11) is 1.40. The van der Waals surface area contributed by atoms with Crippen molar-refractivity contribution in [2.75, 3.05) is 12.0 Å². The third kappa shape index (κ3) is 3.16. The molecule has 4 rings (SSSR count). The number of carbonyl (C=O) groups excluding carboxylic acids is 2. The number of anilines is 1. The molecule has 1 aliphatic heterocycles. The molecule has 150 valence electrons. The van der Waals surface area contributed by atoms with Crippen LogP contribution in [-0.4, -0.2) is 34.0 Å². The number of ketones is 1. The van der Waals surface area contributed by atoms with Crippen LogP contribution >= 0.6 is 0 Å². The fraction of sp³-hybridized carbons (Fsp3) is 0.0870. The molecule has 0 unspecified atom stereocenters. The standard InChI is InChI=1S/C23H18N2O5/c1-30-18-12-15(9-10-17(18)26)20-19(21(27)14-6-3-2-4-7-14)22(28)23(29)25(20)16-8-5-11-24-13-16/h2-13,20,26-27H,1H3/t20-/m0/s1. The van der Waals surface area contributed by atoms with Crippen molar-refractivity contribution in [3.8, 4) is 11.5 Å². The number of aliphatic hydroxyl groups is 1. The Hall–Kier alpha value is -4.13. The number of aliphatic hydroxyl groups excluding tert-OH is 1. The number of phenolic OH excluding ortho intramolecular Hbond substituents is 1. The summed E-state index contributed by atoms with van der Waals surface area (Å²) >= 11 is 0. The number of benzene rings is 2. The Morgan fingerprint density at radius 3 is 2.50 bits per heavy atom. The van der Waals surface area contributed by atoms with Gasteiger partial charge in [0.2, 0.25) is 0 Å². The summed E-state index contributed by atoms with van der Waals surface area (Å²) in [6, 6.07) is 15.5. The van der Waals surface area contributed by atoms with Crippen molar-refractivity contribution in [2.24, 2.45) is 0 Å². The Bertz CT molecular complexity index is 1140. The predicted octanol–water partition coefficient (Wildman–Crippen LogP) is 3.42. The van der Waals surface area contributed by atoms with Crippen LogP contribution in [0.25, 0.3) is 5.76 Å². The molecule has 0 spiro atoms. The largest absolute Gasteiger partial charge is 0.507 e. The van der Waals surface area contributed by atoms with E-state index in [0.717, 1.165) is 0 Å². The van der Waals surface area contributed by atoms with Crippen LogP contribution in [0.3, 0.4) is 0 Å². The third-order valence-electron chi connectivity index (χ3n) is 4.94. The zero-order valence-electron chi connectivity index (χ0n) is 16.0. The molecule has 2 N–H and O–H groups in total. The maximum absolute atomic E-state index is 13.0. The van der Waals surface area contributed by atoms with Gasteiger partial charge in [-0.15, -0.1) is 0 Å². The third-order valence-corrected chi connectivity index (χ3v) is 4.94. The second kappa shape index (κ2) is 7.71. The number of hydrogen-bond acceptors (Lipinski definition) is 6. The number of aromatic hydroxyl groups is 1. The van der Waals surface area contributed by atoms with Crippen molar-refractivity contribution < 1.29 is 24.5 Å². The average molecular weight is 402 g/mol. The lowest BCUT2D eigenvalue weighted by Gasteiger charge is -2.25. The maximum atomic E-state index is 13.0. The lowest BCUT2D eigenvalue weighted by atomic mass is 9.95. The highest BCUT2D eigenvalue weighted by atomic mass is 16.5. The molecule has 1 amide bonds. The number of pyridine rings is 1. The molecule has 0 radical (unpaired) electrons. The minimum Gasteiger partial charge on any atom is -0.507 e. The van der Waals surface area contributed by atoms with Crippen molar-refractivity contribution in [1.82, 2.24) is 4.98 Å². The Balaban J connectivity index is 1.97. The first kappa shape index (κ1) is 19.2. The zero-order chi connectivity index (χ0) is 21.3. The van der Waals surface area contributed by atoms with Gasteiger partial charge in [0, 0.05) is 11.8 Å². The lowest BCUT2D eigenvalue weighted by Crippen LogP contribution is -2.29. The molecule has 1 saturated heterocycles. The van der Waals surface area contributed by atoms with E-state index in [1.807, 2.05) is 0 Å². The van der Waals surface area contributed by atoms with Gasteiger partial charge in [0.25, 0.3) is 11.7 Å². The van der Waals surface area contributed by atoms with Crippen LogP contribution in [-0.2, 0) is 9.59 Å². The molecule has 7 nitrogen and oxygen atoms in total. The van der Waals surface area contributed by atoms with E-state index in [1.54, 1.807) is 54.7 Å². The Morgan fingerprint density at radius 2 is 1.83 bits per heavy atom. The number of methoxy groups -OCH3 is 1.